The summed E-state index contributed by atoms with van der Waals surface area (Å²) in [5.41, 5.74) is 3.67. The van der Waals surface area contributed by atoms with Crippen molar-refractivity contribution in [3.8, 4) is 5.75 Å². The zero-order valence-corrected chi connectivity index (χ0v) is 20.1. The minimum atomic E-state index is -0.791. The Morgan fingerprint density at radius 1 is 1.03 bits per heavy atom. The lowest BCUT2D eigenvalue weighted by Crippen LogP contribution is -2.48. The Balaban J connectivity index is 1.73. The quantitative estimate of drug-likeness (QED) is 0.328. The lowest BCUT2D eigenvalue weighted by Gasteiger charge is -2.20. The second-order valence-corrected chi connectivity index (χ2v) is 8.50. The number of hydrazone groups is 1. The summed E-state index contributed by atoms with van der Waals surface area (Å²) in [5, 5.41) is 9.39. The molecule has 3 aromatic carbocycles. The van der Waals surface area contributed by atoms with Crippen molar-refractivity contribution < 1.29 is 14.3 Å². The number of benzene rings is 3. The van der Waals surface area contributed by atoms with Gasteiger partial charge in [0.2, 0.25) is 0 Å². The van der Waals surface area contributed by atoms with E-state index in [-0.39, 0.29) is 10.9 Å². The van der Waals surface area contributed by atoms with Gasteiger partial charge in [0.05, 0.1) is 22.9 Å². The summed E-state index contributed by atoms with van der Waals surface area (Å²) in [4.78, 5) is 25.4. The van der Waals surface area contributed by atoms with E-state index in [1.165, 1.54) is 12.1 Å². The Morgan fingerprint density at radius 3 is 2.42 bits per heavy atom. The van der Waals surface area contributed by atoms with Crippen LogP contribution in [0, 0.1) is 5.92 Å². The molecule has 0 heterocycles. The number of fused-ring (bicyclic) bond motifs is 1. The normalized spacial score (nSPS) is 12.2. The predicted octanol–water partition coefficient (Wildman–Crippen LogP) is 5.45. The van der Waals surface area contributed by atoms with Crippen molar-refractivity contribution in [2.45, 2.75) is 26.8 Å². The van der Waals surface area contributed by atoms with Gasteiger partial charge in [0, 0.05) is 16.5 Å². The molecule has 1 unspecified atom stereocenters. The first-order valence-electron chi connectivity index (χ1n) is 10.5. The molecule has 0 spiro atoms. The van der Waals surface area contributed by atoms with Crippen LogP contribution < -0.4 is 15.5 Å². The average molecular weight is 486 g/mol. The molecule has 172 valence electrons. The smallest absolute Gasteiger partial charge is 0.262 e. The van der Waals surface area contributed by atoms with E-state index in [1.807, 2.05) is 57.2 Å². The number of rotatable bonds is 8. The van der Waals surface area contributed by atoms with Gasteiger partial charge in [0.15, 0.2) is 0 Å². The van der Waals surface area contributed by atoms with E-state index in [4.69, 9.17) is 27.9 Å². The second kappa shape index (κ2) is 11.2. The van der Waals surface area contributed by atoms with E-state index in [0.717, 1.165) is 22.1 Å². The minimum absolute atomic E-state index is 0.168. The third kappa shape index (κ3) is 6.03. The SMILES string of the molecule is CCOc1ccc(C=NNC(=O)C(NC(=O)c2ccc(Cl)c(Cl)c2)C(C)C)c2ccccc12. The van der Waals surface area contributed by atoms with E-state index in [9.17, 15) is 9.59 Å². The summed E-state index contributed by atoms with van der Waals surface area (Å²) in [7, 11) is 0. The Labute approximate surface area is 202 Å². The number of hydrogen-bond donors (Lipinski definition) is 2. The van der Waals surface area contributed by atoms with Crippen LogP contribution in [0.4, 0.5) is 0 Å². The maximum Gasteiger partial charge on any atom is 0.262 e. The standard InChI is InChI=1S/C25H25Cl2N3O3/c1-4-33-22-12-10-17(18-7-5-6-8-19(18)22)14-28-30-25(32)23(15(2)3)29-24(31)16-9-11-20(26)21(27)13-16/h5-15,23H,4H2,1-3H3,(H,29,31)(H,30,32). The molecule has 1 atom stereocenters. The molecule has 0 aromatic heterocycles. The number of halogens is 2. The zero-order chi connectivity index (χ0) is 24.0. The average Bonchev–Trinajstić information content (AvgIpc) is 2.80. The molecule has 0 aliphatic rings. The van der Waals surface area contributed by atoms with Gasteiger partial charge >= 0.3 is 0 Å². The molecule has 0 aliphatic heterocycles. The molecule has 0 bridgehead atoms. The second-order valence-electron chi connectivity index (χ2n) is 7.69. The topological polar surface area (TPSA) is 79.8 Å². The fourth-order valence-electron chi connectivity index (χ4n) is 3.32. The Hall–Kier alpha value is -3.09. The molecule has 8 heteroatoms. The summed E-state index contributed by atoms with van der Waals surface area (Å²) >= 11 is 11.9. The molecule has 0 radical (unpaired) electrons. The number of carbonyl (C=O) groups is 2. The van der Waals surface area contributed by atoms with E-state index in [0.29, 0.717) is 17.2 Å². The summed E-state index contributed by atoms with van der Waals surface area (Å²) in [6.45, 7) is 6.18. The van der Waals surface area contributed by atoms with Gasteiger partial charge in [-0.25, -0.2) is 5.43 Å². The fraction of sp³-hybridized carbons (Fsp3) is 0.240. The van der Waals surface area contributed by atoms with Crippen LogP contribution in [-0.4, -0.2) is 30.7 Å². The lowest BCUT2D eigenvalue weighted by molar-refractivity contribution is -0.123. The molecule has 2 amide bonds. The first-order chi connectivity index (χ1) is 15.8. The van der Waals surface area contributed by atoms with Crippen molar-refractivity contribution in [3.05, 3.63) is 75.8 Å². The van der Waals surface area contributed by atoms with Crippen LogP contribution in [0.5, 0.6) is 5.75 Å². The van der Waals surface area contributed by atoms with Crippen LogP contribution in [0.1, 0.15) is 36.7 Å². The number of nitrogens with one attached hydrogen (secondary N) is 2. The summed E-state index contributed by atoms with van der Waals surface area (Å²) in [5.74, 6) is -0.230. The molecule has 0 fully saturated rings. The molecule has 3 rings (SSSR count). The third-order valence-electron chi connectivity index (χ3n) is 5.01. The molecule has 0 saturated heterocycles. The molecular weight excluding hydrogens is 461 g/mol. The molecule has 2 N–H and O–H groups in total. The van der Waals surface area contributed by atoms with Gasteiger partial charge in [0.25, 0.3) is 11.8 Å². The largest absolute Gasteiger partial charge is 0.493 e. The first kappa shape index (κ1) is 24.6. The Bertz CT molecular complexity index is 1190. The molecule has 0 aliphatic carbocycles. The maximum absolute atomic E-state index is 12.8. The van der Waals surface area contributed by atoms with E-state index < -0.39 is 17.9 Å². The van der Waals surface area contributed by atoms with Crippen LogP contribution in [0.25, 0.3) is 10.8 Å². The van der Waals surface area contributed by atoms with E-state index in [1.54, 1.807) is 12.3 Å². The van der Waals surface area contributed by atoms with Crippen molar-refractivity contribution in [3.63, 3.8) is 0 Å². The van der Waals surface area contributed by atoms with Crippen LogP contribution in [0.3, 0.4) is 0 Å². The first-order valence-corrected chi connectivity index (χ1v) is 11.3. The van der Waals surface area contributed by atoms with Gasteiger partial charge in [-0.2, -0.15) is 5.10 Å². The number of carbonyl (C=O) groups excluding carboxylic acids is 2. The number of amides is 2. The Kier molecular flexibility index (Phi) is 8.31. The summed E-state index contributed by atoms with van der Waals surface area (Å²) < 4.78 is 5.69. The summed E-state index contributed by atoms with van der Waals surface area (Å²) in [6, 6.07) is 15.3. The highest BCUT2D eigenvalue weighted by Gasteiger charge is 2.24. The third-order valence-corrected chi connectivity index (χ3v) is 5.75. The highest BCUT2D eigenvalue weighted by Crippen LogP contribution is 2.28. The van der Waals surface area contributed by atoms with Gasteiger partial charge in [-0.15, -0.1) is 0 Å². The molecular formula is C25H25Cl2N3O3. The number of nitrogens with zero attached hydrogens (tertiary/aromatic N) is 1. The van der Waals surface area contributed by atoms with E-state index in [2.05, 4.69) is 15.8 Å². The van der Waals surface area contributed by atoms with Crippen LogP contribution in [0.2, 0.25) is 10.0 Å². The minimum Gasteiger partial charge on any atom is -0.493 e. The maximum atomic E-state index is 12.8. The van der Waals surface area contributed by atoms with Gasteiger partial charge in [-0.05, 0) is 48.6 Å². The summed E-state index contributed by atoms with van der Waals surface area (Å²) in [6.07, 6.45) is 1.58. The lowest BCUT2D eigenvalue weighted by atomic mass is 10.0. The Morgan fingerprint density at radius 2 is 1.76 bits per heavy atom. The monoisotopic (exact) mass is 485 g/mol. The van der Waals surface area contributed by atoms with Crippen molar-refractivity contribution in [1.29, 1.82) is 0 Å². The van der Waals surface area contributed by atoms with Gasteiger partial charge in [-0.3, -0.25) is 9.59 Å². The van der Waals surface area contributed by atoms with Crippen LogP contribution in [0.15, 0.2) is 59.7 Å². The molecule has 6 nitrogen and oxygen atoms in total. The van der Waals surface area contributed by atoms with Crippen molar-refractivity contribution in [1.82, 2.24) is 10.7 Å². The highest BCUT2D eigenvalue weighted by molar-refractivity contribution is 6.42. The fourth-order valence-corrected chi connectivity index (χ4v) is 3.62. The van der Waals surface area contributed by atoms with Crippen molar-refractivity contribution >= 4 is 52.0 Å². The van der Waals surface area contributed by atoms with Crippen LogP contribution in [-0.2, 0) is 4.79 Å². The van der Waals surface area contributed by atoms with Gasteiger partial charge in [0.1, 0.15) is 11.8 Å². The zero-order valence-electron chi connectivity index (χ0n) is 18.6. The van der Waals surface area contributed by atoms with Crippen LogP contribution >= 0.6 is 23.2 Å². The van der Waals surface area contributed by atoms with Gasteiger partial charge in [-0.1, -0.05) is 61.3 Å². The molecule has 3 aromatic rings. The molecule has 33 heavy (non-hydrogen) atoms. The molecule has 0 saturated carbocycles. The van der Waals surface area contributed by atoms with Gasteiger partial charge < -0.3 is 10.1 Å². The number of hydrogen-bond acceptors (Lipinski definition) is 4. The highest BCUT2D eigenvalue weighted by atomic mass is 35.5. The van der Waals surface area contributed by atoms with Crippen molar-refractivity contribution in [2.75, 3.05) is 6.61 Å². The van der Waals surface area contributed by atoms with E-state index >= 15 is 0 Å². The predicted molar refractivity (Wildman–Crippen MR) is 133 cm³/mol. The number of ether oxygens (including phenoxy) is 1. The van der Waals surface area contributed by atoms with Crippen molar-refractivity contribution in [2.24, 2.45) is 11.0 Å².